The predicted octanol–water partition coefficient (Wildman–Crippen LogP) is 18.3. The van der Waals surface area contributed by atoms with Crippen LogP contribution in [0.5, 0.6) is 0 Å². The van der Waals surface area contributed by atoms with Gasteiger partial charge in [-0.25, -0.2) is 9.97 Å². The smallest absolute Gasteiger partial charge is 0.367 e. The number of imidazole rings is 2. The standard InChI is InChI=1S/2C61H42N4SSi2.2Pd/c1-64-54-35-16-15-34-53(54)63-60(64)43-21-18-31-49(41-43)67(45-23-6-2-7-24-45,46-25-8-3-9-26-46)50-32-19-22-44(42-50)65-58-56(39-38-52-51-33-14-17-36-55(51)66-59(52)58)68(47-27-10-4-11-28-47,48-29-12-5-13-30-48)57-37-20-40-62-61(57)65;1-64-53-35-16-15-34-52(53)63-60(64)43-21-18-31-49(41-43)67(45-23-6-2-7-24-45,46-25-8-3-9-26-46)50-32-19-22-44(42-50)65-59-56(39-38-55-58(59)51-33-14-17-36-54(51)66-55)68(47-27-10-4-11-28-47,48-29-12-5-13-30-48)57-37-20-40-62-61(57)65;;/h2*2-40H,1H3;;/q2*-2;2*+2. The average molecular weight is 2050 g/mol. The summed E-state index contributed by atoms with van der Waals surface area (Å²) in [6.45, 7) is 0. The van der Waals surface area contributed by atoms with Gasteiger partial charge in [0.15, 0.2) is 16.1 Å². The topological polar surface area (TPSA) is 67.9 Å². The molecule has 660 valence electrons. The van der Waals surface area contributed by atoms with Crippen LogP contribution in [0, 0.1) is 24.3 Å². The molecule has 2 aliphatic heterocycles. The van der Waals surface area contributed by atoms with Gasteiger partial charge in [0.05, 0.1) is 49.8 Å². The van der Waals surface area contributed by atoms with E-state index in [1.807, 2.05) is 35.1 Å². The van der Waals surface area contributed by atoms with Crippen molar-refractivity contribution in [3.63, 3.8) is 0 Å². The van der Waals surface area contributed by atoms with Gasteiger partial charge in [-0.2, -0.15) is 46.8 Å². The van der Waals surface area contributed by atoms with E-state index in [9.17, 15) is 0 Å². The van der Waals surface area contributed by atoms with Crippen molar-refractivity contribution in [2.24, 2.45) is 14.1 Å². The number of thiophene rings is 2. The third-order valence-corrected chi connectivity index (χ3v) is 49.2. The van der Waals surface area contributed by atoms with Gasteiger partial charge in [0.2, 0.25) is 0 Å². The van der Waals surface area contributed by atoms with E-state index in [1.165, 1.54) is 114 Å². The number of benzene rings is 18. The monoisotopic (exact) mass is 2050 g/mol. The molecule has 0 bridgehead atoms. The summed E-state index contributed by atoms with van der Waals surface area (Å²) < 4.78 is 9.41. The van der Waals surface area contributed by atoms with E-state index >= 15 is 0 Å². The summed E-state index contributed by atoms with van der Waals surface area (Å²) in [4.78, 5) is 26.2. The number of aromatic nitrogens is 6. The molecular formula is C122H84N8Pd2S2Si4. The maximum Gasteiger partial charge on any atom is 2.00 e. The molecule has 0 fully saturated rings. The van der Waals surface area contributed by atoms with Crippen molar-refractivity contribution >= 4 is 235 Å². The first-order valence-corrected chi connectivity index (χ1v) is 55.7. The first-order valence-electron chi connectivity index (χ1n) is 46.1. The van der Waals surface area contributed by atoms with Gasteiger partial charge in [-0.1, -0.05) is 345 Å². The number of aryl methyl sites for hydroxylation is 2. The van der Waals surface area contributed by atoms with Crippen LogP contribution < -0.4 is 92.8 Å². The number of pyridine rings is 2. The SMILES string of the molecule is Cn1c(-c2[c-]c([Si](c3[c-]c(N4c5ncccc5[Si](c5ccccc5)(c5ccccc5)c5ccc6c(sc7ccccc76)c54)ccc3)(c3ccccc3)c3ccccc3)ccc2)nc2ccccc21.Cn1c(-c2[c-]c([Si](c3[c-]c(N4c5ncccc5[Si](c5ccccc5)(c5ccccc5)c5ccc6sc7ccccc7c6c54)ccc3)(c3ccccc3)c3ccccc3)ccc2)nc2ccccc21.[Pd+2].[Pd+2]. The number of hydrogen-bond donors (Lipinski definition) is 0. The maximum atomic E-state index is 5.47. The molecule has 0 radical (unpaired) electrons. The quantitative estimate of drug-likeness (QED) is 0.0546. The molecule has 8 heterocycles. The molecule has 0 amide bonds. The zero-order valence-electron chi connectivity index (χ0n) is 75.1. The van der Waals surface area contributed by atoms with Crippen LogP contribution in [0.4, 0.5) is 34.4 Å². The van der Waals surface area contributed by atoms with Crippen LogP contribution >= 0.6 is 22.7 Å². The van der Waals surface area contributed by atoms with Crippen LogP contribution in [0.15, 0.2) is 473 Å². The molecular weight excluding hydrogens is 1970 g/mol. The minimum Gasteiger partial charge on any atom is -0.367 e. The van der Waals surface area contributed by atoms with E-state index in [0.29, 0.717) is 0 Å². The normalized spacial score (nSPS) is 13.0. The van der Waals surface area contributed by atoms with Gasteiger partial charge < -0.3 is 18.9 Å². The first kappa shape index (κ1) is 87.5. The summed E-state index contributed by atoms with van der Waals surface area (Å²) in [5, 5.41) is 25.0. The molecule has 8 nitrogen and oxygen atoms in total. The Balaban J connectivity index is 0.000000152. The molecule has 0 N–H and O–H groups in total. The molecule has 18 aromatic carbocycles. The van der Waals surface area contributed by atoms with Crippen molar-refractivity contribution < 1.29 is 40.8 Å². The maximum absolute atomic E-state index is 5.47. The third-order valence-electron chi connectivity index (χ3n) is 28.1. The molecule has 26 rings (SSSR count). The Morgan fingerprint density at radius 1 is 0.268 bits per heavy atom. The molecule has 2 aliphatic rings. The zero-order valence-corrected chi connectivity index (χ0v) is 83.8. The van der Waals surface area contributed by atoms with Gasteiger partial charge in [0, 0.05) is 62.1 Å². The Labute approximate surface area is 841 Å². The third kappa shape index (κ3) is 13.8. The van der Waals surface area contributed by atoms with Crippen molar-refractivity contribution in [1.82, 2.24) is 29.1 Å². The number of para-hydroxylation sites is 4. The molecule has 24 aromatic rings. The van der Waals surface area contributed by atoms with Gasteiger partial charge in [0.1, 0.15) is 27.8 Å². The average Bonchev–Trinajstić information content (AvgIpc) is 1.13. The summed E-state index contributed by atoms with van der Waals surface area (Å²) in [6, 6.07) is 186. The van der Waals surface area contributed by atoms with Crippen LogP contribution in [0.2, 0.25) is 0 Å². The fraction of sp³-hybridized carbons (Fsp3) is 0.0164. The minimum absolute atomic E-state index is 0. The molecule has 0 spiro atoms. The Kier molecular flexibility index (Phi) is 22.9. The zero-order chi connectivity index (χ0) is 90.5. The van der Waals surface area contributed by atoms with Crippen LogP contribution in [-0.2, 0) is 54.9 Å². The van der Waals surface area contributed by atoms with E-state index in [-0.39, 0.29) is 40.8 Å². The number of anilines is 6. The van der Waals surface area contributed by atoms with E-state index in [4.69, 9.17) is 19.9 Å². The van der Waals surface area contributed by atoms with Crippen molar-refractivity contribution in [3.05, 3.63) is 498 Å². The fourth-order valence-electron chi connectivity index (χ4n) is 22.3. The van der Waals surface area contributed by atoms with Crippen molar-refractivity contribution in [2.45, 2.75) is 0 Å². The largest absolute Gasteiger partial charge is 2.00 e. The second-order valence-corrected chi connectivity index (χ2v) is 52.1. The summed E-state index contributed by atoms with van der Waals surface area (Å²) in [7, 11) is -8.20. The van der Waals surface area contributed by atoms with E-state index in [0.717, 1.165) is 88.6 Å². The van der Waals surface area contributed by atoms with Crippen molar-refractivity contribution in [3.8, 4) is 22.8 Å². The number of fused-ring (bicyclic) bond motifs is 14. The Hall–Kier alpha value is -14.6. The van der Waals surface area contributed by atoms with Crippen LogP contribution in [-0.4, -0.2) is 61.4 Å². The molecule has 0 unspecified atom stereocenters. The first-order chi connectivity index (χ1) is 67.3. The Bertz CT molecular complexity index is 8530. The summed E-state index contributed by atoms with van der Waals surface area (Å²) in [5.74, 6) is 3.66. The number of nitrogens with zero attached hydrogens (tertiary/aromatic N) is 8. The molecule has 0 saturated heterocycles. The van der Waals surface area contributed by atoms with E-state index in [2.05, 4.69) is 518 Å². The molecule has 0 atom stereocenters. The van der Waals surface area contributed by atoms with Gasteiger partial charge in [-0.15, -0.1) is 105 Å². The molecule has 0 saturated carbocycles. The predicted molar refractivity (Wildman–Crippen MR) is 580 cm³/mol. The van der Waals surface area contributed by atoms with Crippen molar-refractivity contribution in [2.75, 3.05) is 9.80 Å². The number of hydrogen-bond acceptors (Lipinski definition) is 8. The van der Waals surface area contributed by atoms with Gasteiger partial charge >= 0.3 is 40.8 Å². The summed E-state index contributed by atoms with van der Waals surface area (Å²) >= 11 is 3.74. The van der Waals surface area contributed by atoms with Crippen LogP contribution in [0.1, 0.15) is 0 Å². The summed E-state index contributed by atoms with van der Waals surface area (Å²) in [5.41, 5.74) is 10.3. The van der Waals surface area contributed by atoms with Crippen LogP contribution in [0.3, 0.4) is 0 Å². The summed E-state index contributed by atoms with van der Waals surface area (Å²) in [6.07, 6.45) is 3.94. The fourth-order valence-corrected chi connectivity index (χ4v) is 44.0. The number of rotatable bonds is 16. The van der Waals surface area contributed by atoms with Gasteiger partial charge in [-0.3, -0.25) is 9.97 Å². The van der Waals surface area contributed by atoms with Crippen LogP contribution in [0.25, 0.3) is 85.2 Å². The molecule has 16 heteroatoms. The van der Waals surface area contributed by atoms with E-state index < -0.39 is 32.3 Å². The van der Waals surface area contributed by atoms with Crippen molar-refractivity contribution in [1.29, 1.82) is 0 Å². The van der Waals surface area contributed by atoms with E-state index in [1.54, 1.807) is 0 Å². The second kappa shape index (κ2) is 36.2. The molecule has 0 aliphatic carbocycles. The van der Waals surface area contributed by atoms with Gasteiger partial charge in [0.25, 0.3) is 0 Å². The molecule has 6 aromatic heterocycles. The second-order valence-electron chi connectivity index (χ2n) is 35.0. The van der Waals surface area contributed by atoms with Gasteiger partial charge in [-0.05, 0) is 117 Å². The minimum atomic E-state index is -3.20. The molecule has 138 heavy (non-hydrogen) atoms. The Morgan fingerprint density at radius 2 is 0.616 bits per heavy atom. The Morgan fingerprint density at radius 3 is 1.04 bits per heavy atom.